The van der Waals surface area contributed by atoms with E-state index in [-0.39, 0.29) is 25.4 Å². The predicted molar refractivity (Wildman–Crippen MR) is 83.5 cm³/mol. The molecule has 3 N–H and O–H groups in total. The Morgan fingerprint density at radius 1 is 1.25 bits per heavy atom. The fourth-order valence-electron chi connectivity index (χ4n) is 1.50. The average Bonchev–Trinajstić information content (AvgIpc) is 2.46. The van der Waals surface area contributed by atoms with Crippen LogP contribution in [0.5, 0.6) is 0 Å². The van der Waals surface area contributed by atoms with Crippen molar-refractivity contribution in [3.05, 3.63) is 29.8 Å². The average molecular weight is 293 g/mol. The quantitative estimate of drug-likeness (QED) is 0.404. The normalized spacial score (nSPS) is 9.65. The lowest BCUT2D eigenvalue weighted by Gasteiger charge is -2.11. The molecule has 0 saturated heterocycles. The lowest BCUT2D eigenvalue weighted by molar-refractivity contribution is -0.122. The van der Waals surface area contributed by atoms with Crippen LogP contribution in [0.2, 0.25) is 0 Å². The highest BCUT2D eigenvalue weighted by atomic mass is 32.1. The number of carbonyl (C=O) groups is 2. The van der Waals surface area contributed by atoms with E-state index in [0.717, 1.165) is 18.4 Å². The van der Waals surface area contributed by atoms with Crippen molar-refractivity contribution < 1.29 is 9.59 Å². The maximum atomic E-state index is 11.2. The smallest absolute Gasteiger partial charge is 0.221 e. The zero-order valence-electron chi connectivity index (χ0n) is 11.4. The topological polar surface area (TPSA) is 70.2 Å². The maximum Gasteiger partial charge on any atom is 0.221 e. The molecule has 0 bridgehead atoms. The fourth-order valence-corrected chi connectivity index (χ4v) is 1.69. The molecule has 0 spiro atoms. The lowest BCUT2D eigenvalue weighted by Crippen LogP contribution is -2.39. The second-order valence-electron chi connectivity index (χ2n) is 4.16. The Morgan fingerprint density at radius 3 is 2.55 bits per heavy atom. The summed E-state index contributed by atoms with van der Waals surface area (Å²) in [5.74, 6) is -0.181. The van der Waals surface area contributed by atoms with E-state index in [2.05, 4.69) is 22.9 Å². The van der Waals surface area contributed by atoms with Crippen molar-refractivity contribution in [1.29, 1.82) is 0 Å². The minimum Gasteiger partial charge on any atom is -0.345 e. The number of benzene rings is 1. The van der Waals surface area contributed by atoms with Crippen molar-refractivity contribution in [2.75, 3.05) is 12.0 Å². The van der Waals surface area contributed by atoms with Crippen LogP contribution in [-0.4, -0.2) is 24.0 Å². The van der Waals surface area contributed by atoms with E-state index >= 15 is 0 Å². The number of amides is 1. The molecule has 5 nitrogen and oxygen atoms in total. The van der Waals surface area contributed by atoms with Crippen LogP contribution in [0.3, 0.4) is 0 Å². The molecule has 0 fully saturated rings. The summed E-state index contributed by atoms with van der Waals surface area (Å²) in [5, 5.41) is 8.94. The van der Waals surface area contributed by atoms with Gasteiger partial charge >= 0.3 is 0 Å². The fraction of sp³-hybridized carbons (Fsp3) is 0.357. The largest absolute Gasteiger partial charge is 0.345 e. The SMILES string of the molecule is CCc1ccc(NC(=S)NCNC(=O)CCC=O)cc1. The van der Waals surface area contributed by atoms with Crippen LogP contribution in [0, 0.1) is 0 Å². The van der Waals surface area contributed by atoms with Gasteiger partial charge in [-0.05, 0) is 36.3 Å². The third kappa shape index (κ3) is 6.29. The molecule has 0 radical (unpaired) electrons. The van der Waals surface area contributed by atoms with Crippen LogP contribution in [0.15, 0.2) is 24.3 Å². The van der Waals surface area contributed by atoms with Crippen LogP contribution >= 0.6 is 12.2 Å². The summed E-state index contributed by atoms with van der Waals surface area (Å²) in [5.41, 5.74) is 2.16. The summed E-state index contributed by atoms with van der Waals surface area (Å²) in [4.78, 5) is 21.4. The minimum absolute atomic E-state index is 0.181. The highest BCUT2D eigenvalue weighted by Gasteiger charge is 2.01. The lowest BCUT2D eigenvalue weighted by atomic mass is 10.1. The first-order valence-corrected chi connectivity index (χ1v) is 6.90. The van der Waals surface area contributed by atoms with E-state index in [9.17, 15) is 9.59 Å². The molecular weight excluding hydrogens is 274 g/mol. The Labute approximate surface area is 124 Å². The van der Waals surface area contributed by atoms with E-state index in [0.29, 0.717) is 5.11 Å². The summed E-state index contributed by atoms with van der Waals surface area (Å²) in [6.45, 7) is 2.33. The zero-order valence-corrected chi connectivity index (χ0v) is 12.3. The van der Waals surface area contributed by atoms with E-state index in [1.807, 2.05) is 24.3 Å². The van der Waals surface area contributed by atoms with Gasteiger partial charge in [0, 0.05) is 18.5 Å². The Morgan fingerprint density at radius 2 is 1.95 bits per heavy atom. The van der Waals surface area contributed by atoms with Crippen molar-refractivity contribution in [2.24, 2.45) is 0 Å². The molecule has 0 aliphatic heterocycles. The van der Waals surface area contributed by atoms with Crippen LogP contribution in [0.1, 0.15) is 25.3 Å². The molecule has 0 atom stereocenters. The Hall–Kier alpha value is -1.95. The second kappa shape index (κ2) is 9.03. The van der Waals surface area contributed by atoms with E-state index in [1.54, 1.807) is 0 Å². The zero-order chi connectivity index (χ0) is 14.8. The summed E-state index contributed by atoms with van der Waals surface area (Å²) >= 11 is 5.11. The predicted octanol–water partition coefficient (Wildman–Crippen LogP) is 1.59. The number of aryl methyl sites for hydroxylation is 1. The number of hydrogen-bond donors (Lipinski definition) is 3. The number of anilines is 1. The van der Waals surface area contributed by atoms with Crippen LogP contribution in [0.25, 0.3) is 0 Å². The number of hydrogen-bond acceptors (Lipinski definition) is 3. The molecule has 108 valence electrons. The van der Waals surface area contributed by atoms with Gasteiger partial charge in [-0.3, -0.25) is 4.79 Å². The number of aldehydes is 1. The number of thiocarbonyl (C=S) groups is 1. The molecule has 20 heavy (non-hydrogen) atoms. The van der Waals surface area contributed by atoms with Gasteiger partial charge in [-0.15, -0.1) is 0 Å². The maximum absolute atomic E-state index is 11.2. The highest BCUT2D eigenvalue weighted by molar-refractivity contribution is 7.80. The first-order chi connectivity index (χ1) is 9.65. The number of carbonyl (C=O) groups excluding carboxylic acids is 2. The van der Waals surface area contributed by atoms with Crippen LogP contribution in [-0.2, 0) is 16.0 Å². The van der Waals surface area contributed by atoms with Crippen LogP contribution < -0.4 is 16.0 Å². The second-order valence-corrected chi connectivity index (χ2v) is 4.57. The monoisotopic (exact) mass is 293 g/mol. The third-order valence-corrected chi connectivity index (χ3v) is 2.89. The van der Waals surface area contributed by atoms with Gasteiger partial charge in [-0.1, -0.05) is 19.1 Å². The standard InChI is InChI=1S/C14H19N3O2S/c1-2-11-5-7-12(8-6-11)17-14(20)16-10-15-13(19)4-3-9-18/h5-9H,2-4,10H2,1H3,(H,15,19)(H2,16,17,20). The Kier molecular flexibility index (Phi) is 7.27. The van der Waals surface area contributed by atoms with Crippen LogP contribution in [0.4, 0.5) is 5.69 Å². The molecule has 1 amide bonds. The van der Waals surface area contributed by atoms with Gasteiger partial charge in [0.1, 0.15) is 6.29 Å². The van der Waals surface area contributed by atoms with Crippen molar-refractivity contribution in [1.82, 2.24) is 10.6 Å². The molecule has 0 aromatic heterocycles. The van der Waals surface area contributed by atoms with Crippen molar-refractivity contribution in [2.45, 2.75) is 26.2 Å². The summed E-state index contributed by atoms with van der Waals surface area (Å²) in [7, 11) is 0. The van der Waals surface area contributed by atoms with Gasteiger partial charge < -0.3 is 20.7 Å². The molecule has 0 heterocycles. The Bertz CT molecular complexity index is 460. The first kappa shape index (κ1) is 16.1. The van der Waals surface area contributed by atoms with E-state index in [1.165, 1.54) is 5.56 Å². The highest BCUT2D eigenvalue weighted by Crippen LogP contribution is 2.09. The molecular formula is C14H19N3O2S. The van der Waals surface area contributed by atoms with Crippen molar-refractivity contribution >= 4 is 35.2 Å². The summed E-state index contributed by atoms with van der Waals surface area (Å²) < 4.78 is 0. The molecule has 0 unspecified atom stereocenters. The van der Waals surface area contributed by atoms with Gasteiger partial charge in [-0.2, -0.15) is 0 Å². The minimum atomic E-state index is -0.181. The van der Waals surface area contributed by atoms with Gasteiger partial charge in [0.15, 0.2) is 5.11 Å². The molecule has 0 aliphatic rings. The number of nitrogens with one attached hydrogen (secondary N) is 3. The third-order valence-electron chi connectivity index (χ3n) is 2.64. The first-order valence-electron chi connectivity index (χ1n) is 6.49. The van der Waals surface area contributed by atoms with Gasteiger partial charge in [0.25, 0.3) is 0 Å². The van der Waals surface area contributed by atoms with Crippen molar-refractivity contribution in [3.8, 4) is 0 Å². The van der Waals surface area contributed by atoms with Gasteiger partial charge in [-0.25, -0.2) is 0 Å². The van der Waals surface area contributed by atoms with Gasteiger partial charge in [0.05, 0.1) is 6.67 Å². The molecule has 0 aliphatic carbocycles. The van der Waals surface area contributed by atoms with Gasteiger partial charge in [0.2, 0.25) is 5.91 Å². The van der Waals surface area contributed by atoms with E-state index < -0.39 is 0 Å². The molecule has 6 heteroatoms. The molecule has 1 aromatic rings. The molecule has 0 saturated carbocycles. The van der Waals surface area contributed by atoms with E-state index in [4.69, 9.17) is 12.2 Å². The summed E-state index contributed by atoms with van der Waals surface area (Å²) in [6.07, 6.45) is 2.15. The molecule has 1 rings (SSSR count). The van der Waals surface area contributed by atoms with Crippen molar-refractivity contribution in [3.63, 3.8) is 0 Å². The summed E-state index contributed by atoms with van der Waals surface area (Å²) in [6, 6.07) is 7.98. The molecule has 1 aromatic carbocycles. The Balaban J connectivity index is 2.25. The number of rotatable bonds is 7.